The van der Waals surface area contributed by atoms with Gasteiger partial charge in [-0.25, -0.2) is 0 Å². The molecule has 1 heterocycles. The quantitative estimate of drug-likeness (QED) is 0.815. The van der Waals surface area contributed by atoms with E-state index in [9.17, 15) is 4.79 Å². The fourth-order valence-electron chi connectivity index (χ4n) is 2.48. The van der Waals surface area contributed by atoms with Gasteiger partial charge in [0.05, 0.1) is 6.04 Å². The third-order valence-corrected chi connectivity index (χ3v) is 3.82. The van der Waals surface area contributed by atoms with Crippen LogP contribution in [0.25, 0.3) is 0 Å². The second kappa shape index (κ2) is 4.15. The first-order chi connectivity index (χ1) is 8.24. The van der Waals surface area contributed by atoms with Crippen LogP contribution in [0.15, 0.2) is 24.3 Å². The van der Waals surface area contributed by atoms with Gasteiger partial charge in [0.2, 0.25) is 5.91 Å². The predicted molar refractivity (Wildman–Crippen MR) is 67.9 cm³/mol. The lowest BCUT2D eigenvalue weighted by atomic mass is 10.1. The summed E-state index contributed by atoms with van der Waals surface area (Å²) >= 11 is 0. The van der Waals surface area contributed by atoms with Crippen LogP contribution in [0.3, 0.4) is 0 Å². The average molecular weight is 230 g/mol. The normalized spacial score (nSPS) is 31.4. The Morgan fingerprint density at radius 3 is 2.88 bits per heavy atom. The summed E-state index contributed by atoms with van der Waals surface area (Å²) in [6, 6.07) is 8.59. The minimum absolute atomic E-state index is 0.0302. The predicted octanol–water partition coefficient (Wildman–Crippen LogP) is 1.94. The summed E-state index contributed by atoms with van der Waals surface area (Å²) in [5, 5.41) is 6.47. The summed E-state index contributed by atoms with van der Waals surface area (Å²) in [6.45, 7) is 2.22. The molecule has 1 amide bonds. The second-order valence-electron chi connectivity index (χ2n) is 5.22. The van der Waals surface area contributed by atoms with Crippen LogP contribution in [0, 0.1) is 5.92 Å². The highest BCUT2D eigenvalue weighted by Crippen LogP contribution is 2.30. The first-order valence-electron chi connectivity index (χ1n) is 6.39. The van der Waals surface area contributed by atoms with Gasteiger partial charge in [-0.2, -0.15) is 0 Å². The molecule has 1 aliphatic carbocycles. The van der Waals surface area contributed by atoms with Crippen molar-refractivity contribution in [3.8, 4) is 0 Å². The molecule has 2 N–H and O–H groups in total. The fourth-order valence-corrected chi connectivity index (χ4v) is 2.48. The van der Waals surface area contributed by atoms with E-state index in [2.05, 4.69) is 23.6 Å². The summed E-state index contributed by atoms with van der Waals surface area (Å²) in [5.74, 6) is 0.850. The van der Waals surface area contributed by atoms with E-state index in [1.54, 1.807) is 0 Å². The maximum Gasteiger partial charge on any atom is 0.241 e. The first kappa shape index (κ1) is 10.8. The summed E-state index contributed by atoms with van der Waals surface area (Å²) < 4.78 is 0. The Balaban J connectivity index is 1.73. The molecular weight excluding hydrogens is 212 g/mol. The van der Waals surface area contributed by atoms with Gasteiger partial charge < -0.3 is 10.6 Å². The number of anilines is 1. The number of carbonyl (C=O) groups is 1. The van der Waals surface area contributed by atoms with Crippen LogP contribution in [0.1, 0.15) is 25.3 Å². The highest BCUT2D eigenvalue weighted by molar-refractivity contribution is 5.96. The molecule has 0 spiro atoms. The van der Waals surface area contributed by atoms with Crippen molar-refractivity contribution in [1.82, 2.24) is 5.32 Å². The van der Waals surface area contributed by atoms with Crippen LogP contribution < -0.4 is 10.6 Å². The number of hydrogen-bond donors (Lipinski definition) is 2. The molecule has 1 saturated carbocycles. The van der Waals surface area contributed by atoms with E-state index in [0.717, 1.165) is 24.4 Å². The highest BCUT2D eigenvalue weighted by atomic mass is 16.2. The molecule has 1 aliphatic heterocycles. The minimum atomic E-state index is -0.0302. The van der Waals surface area contributed by atoms with Crippen molar-refractivity contribution in [3.05, 3.63) is 29.8 Å². The number of nitrogens with one attached hydrogen (secondary N) is 2. The van der Waals surface area contributed by atoms with Gasteiger partial charge >= 0.3 is 0 Å². The van der Waals surface area contributed by atoms with Gasteiger partial charge in [-0.05, 0) is 36.8 Å². The summed E-state index contributed by atoms with van der Waals surface area (Å²) in [6.07, 6.45) is 3.07. The lowest BCUT2D eigenvalue weighted by Crippen LogP contribution is -2.41. The summed E-state index contributed by atoms with van der Waals surface area (Å²) in [7, 11) is 0. The van der Waals surface area contributed by atoms with E-state index in [-0.39, 0.29) is 11.9 Å². The van der Waals surface area contributed by atoms with Gasteiger partial charge in [0.15, 0.2) is 0 Å². The lowest BCUT2D eigenvalue weighted by Gasteiger charge is -2.14. The molecular formula is C14H18N2O. The molecule has 1 fully saturated rings. The smallest absolute Gasteiger partial charge is 0.241 e. The Kier molecular flexibility index (Phi) is 2.63. The fraction of sp³-hybridized carbons (Fsp3) is 0.500. The van der Waals surface area contributed by atoms with E-state index in [1.165, 1.54) is 12.0 Å². The van der Waals surface area contributed by atoms with Gasteiger partial charge in [-0.3, -0.25) is 4.79 Å². The Hall–Kier alpha value is -1.35. The van der Waals surface area contributed by atoms with E-state index in [1.807, 2.05) is 18.2 Å². The molecule has 3 atom stereocenters. The van der Waals surface area contributed by atoms with Crippen molar-refractivity contribution in [3.63, 3.8) is 0 Å². The number of amides is 1. The molecule has 1 aromatic rings. The molecule has 0 aromatic heterocycles. The standard InChI is InChI=1S/C14H18N2O/c1-9-8-13(9)15-12-7-6-10-4-2-3-5-11(10)16-14(12)17/h2-5,9,12-13,15H,6-8H2,1H3,(H,16,17). The van der Waals surface area contributed by atoms with Crippen LogP contribution in [-0.4, -0.2) is 18.0 Å². The SMILES string of the molecule is CC1CC1NC1CCc2ccccc2NC1=O. The van der Waals surface area contributed by atoms with E-state index in [0.29, 0.717) is 6.04 Å². The number of aryl methyl sites for hydroxylation is 1. The maximum atomic E-state index is 12.1. The van der Waals surface area contributed by atoms with Gasteiger partial charge in [0.25, 0.3) is 0 Å². The van der Waals surface area contributed by atoms with Crippen LogP contribution in [0.4, 0.5) is 5.69 Å². The van der Waals surface area contributed by atoms with E-state index >= 15 is 0 Å². The van der Waals surface area contributed by atoms with Crippen LogP contribution >= 0.6 is 0 Å². The number of benzene rings is 1. The van der Waals surface area contributed by atoms with Crippen LogP contribution in [0.2, 0.25) is 0 Å². The number of fused-ring (bicyclic) bond motifs is 1. The molecule has 17 heavy (non-hydrogen) atoms. The van der Waals surface area contributed by atoms with Crippen molar-refractivity contribution in [2.75, 3.05) is 5.32 Å². The van der Waals surface area contributed by atoms with Gasteiger partial charge in [-0.1, -0.05) is 25.1 Å². The first-order valence-corrected chi connectivity index (χ1v) is 6.39. The number of carbonyl (C=O) groups excluding carboxylic acids is 1. The number of hydrogen-bond acceptors (Lipinski definition) is 2. The van der Waals surface area contributed by atoms with Gasteiger partial charge in [0.1, 0.15) is 0 Å². The Bertz CT molecular complexity index is 444. The lowest BCUT2D eigenvalue weighted by molar-refractivity contribution is -0.118. The molecule has 3 unspecified atom stereocenters. The second-order valence-corrected chi connectivity index (χ2v) is 5.22. The van der Waals surface area contributed by atoms with Crippen molar-refractivity contribution in [2.45, 2.75) is 38.3 Å². The van der Waals surface area contributed by atoms with Crippen molar-refractivity contribution in [2.24, 2.45) is 5.92 Å². The van der Waals surface area contributed by atoms with Crippen molar-refractivity contribution < 1.29 is 4.79 Å². The average Bonchev–Trinajstić information content (AvgIpc) is 3.04. The van der Waals surface area contributed by atoms with Crippen LogP contribution in [0.5, 0.6) is 0 Å². The summed E-state index contributed by atoms with van der Waals surface area (Å²) in [4.78, 5) is 12.1. The van der Waals surface area contributed by atoms with Crippen molar-refractivity contribution in [1.29, 1.82) is 0 Å². The number of rotatable bonds is 2. The monoisotopic (exact) mass is 230 g/mol. The van der Waals surface area contributed by atoms with Gasteiger partial charge in [0, 0.05) is 11.7 Å². The molecule has 90 valence electrons. The summed E-state index contributed by atoms with van der Waals surface area (Å²) in [5.41, 5.74) is 2.22. The largest absolute Gasteiger partial charge is 0.324 e. The molecule has 1 aromatic carbocycles. The molecule has 3 nitrogen and oxygen atoms in total. The Morgan fingerprint density at radius 2 is 2.12 bits per heavy atom. The topological polar surface area (TPSA) is 41.1 Å². The minimum Gasteiger partial charge on any atom is -0.324 e. The molecule has 2 aliphatic rings. The van der Waals surface area contributed by atoms with Crippen LogP contribution in [-0.2, 0) is 11.2 Å². The van der Waals surface area contributed by atoms with E-state index < -0.39 is 0 Å². The zero-order chi connectivity index (χ0) is 11.8. The Morgan fingerprint density at radius 1 is 1.35 bits per heavy atom. The molecule has 0 radical (unpaired) electrons. The number of para-hydroxylation sites is 1. The van der Waals surface area contributed by atoms with Crippen molar-refractivity contribution >= 4 is 11.6 Å². The molecule has 0 bridgehead atoms. The third-order valence-electron chi connectivity index (χ3n) is 3.82. The Labute approximate surface area is 102 Å². The third kappa shape index (κ3) is 2.20. The zero-order valence-electron chi connectivity index (χ0n) is 10.1. The zero-order valence-corrected chi connectivity index (χ0v) is 10.1. The highest BCUT2D eigenvalue weighted by Gasteiger charge is 2.36. The molecule has 3 rings (SSSR count). The maximum absolute atomic E-state index is 12.1. The van der Waals surface area contributed by atoms with Gasteiger partial charge in [-0.15, -0.1) is 0 Å². The molecule has 0 saturated heterocycles. The molecule has 3 heteroatoms. The van der Waals surface area contributed by atoms with E-state index in [4.69, 9.17) is 0 Å².